The third kappa shape index (κ3) is 1.97. The second-order valence-corrected chi connectivity index (χ2v) is 2.99. The van der Waals surface area contributed by atoms with Gasteiger partial charge in [0.2, 0.25) is 5.88 Å². The van der Waals surface area contributed by atoms with E-state index in [9.17, 15) is 0 Å². The number of ether oxygens (including phenoxy) is 1. The third-order valence-corrected chi connectivity index (χ3v) is 1.89. The van der Waals surface area contributed by atoms with Crippen molar-refractivity contribution in [3.05, 3.63) is 16.7 Å². The quantitative estimate of drug-likeness (QED) is 0.676. The van der Waals surface area contributed by atoms with Gasteiger partial charge in [0, 0.05) is 11.7 Å². The van der Waals surface area contributed by atoms with Crippen LogP contribution in [0.2, 0.25) is 0 Å². The Bertz CT molecular complexity index is 281. The van der Waals surface area contributed by atoms with Gasteiger partial charge in [0.05, 0.1) is 11.6 Å². The molecule has 4 nitrogen and oxygen atoms in total. The van der Waals surface area contributed by atoms with Crippen molar-refractivity contribution < 1.29 is 14.8 Å². The van der Waals surface area contributed by atoms with Gasteiger partial charge >= 0.3 is 7.12 Å². The fourth-order valence-corrected chi connectivity index (χ4v) is 1.26. The number of aromatic nitrogens is 1. The number of nitrogens with zero attached hydrogens (tertiary/aromatic N) is 1. The lowest BCUT2D eigenvalue weighted by atomic mass is 9.82. The first kappa shape index (κ1) is 9.50. The minimum Gasteiger partial charge on any atom is -0.480 e. The molecule has 0 aliphatic carbocycles. The van der Waals surface area contributed by atoms with Gasteiger partial charge in [-0.2, -0.15) is 0 Å². The molecular formula is C6H7BBrNO3. The minimum atomic E-state index is -1.50. The molecule has 1 rings (SSSR count). The molecule has 0 saturated heterocycles. The molecule has 6 heteroatoms. The molecule has 0 aromatic carbocycles. The van der Waals surface area contributed by atoms with E-state index in [1.807, 2.05) is 0 Å². The predicted octanol–water partition coefficient (Wildman–Crippen LogP) is -0.468. The molecule has 0 aliphatic heterocycles. The fourth-order valence-electron chi connectivity index (χ4n) is 0.732. The summed E-state index contributed by atoms with van der Waals surface area (Å²) in [6.45, 7) is 0. The molecule has 0 saturated carbocycles. The molecule has 0 atom stereocenters. The zero-order chi connectivity index (χ0) is 9.14. The monoisotopic (exact) mass is 231 g/mol. The lowest BCUT2D eigenvalue weighted by Gasteiger charge is -2.03. The third-order valence-electron chi connectivity index (χ3n) is 1.32. The first-order valence-corrected chi connectivity index (χ1v) is 4.00. The van der Waals surface area contributed by atoms with E-state index in [1.165, 1.54) is 19.4 Å². The molecule has 0 amide bonds. The number of hydrogen-bond donors (Lipinski definition) is 2. The number of rotatable bonds is 2. The number of halogens is 1. The molecule has 0 unspecified atom stereocenters. The molecule has 0 radical (unpaired) electrons. The molecule has 1 aromatic heterocycles. The first-order chi connectivity index (χ1) is 5.65. The summed E-state index contributed by atoms with van der Waals surface area (Å²) in [6.07, 6.45) is 1.34. The molecule has 2 N–H and O–H groups in total. The van der Waals surface area contributed by atoms with Crippen molar-refractivity contribution in [2.75, 3.05) is 7.11 Å². The minimum absolute atomic E-state index is 0.322. The van der Waals surface area contributed by atoms with Crippen LogP contribution >= 0.6 is 15.9 Å². The van der Waals surface area contributed by atoms with Gasteiger partial charge in [0.1, 0.15) is 0 Å². The zero-order valence-electron chi connectivity index (χ0n) is 6.36. The van der Waals surface area contributed by atoms with E-state index in [0.29, 0.717) is 15.8 Å². The first-order valence-electron chi connectivity index (χ1n) is 3.20. The Hall–Kier alpha value is -0.585. The van der Waals surface area contributed by atoms with Crippen LogP contribution in [-0.2, 0) is 0 Å². The van der Waals surface area contributed by atoms with E-state index in [-0.39, 0.29) is 0 Å². The van der Waals surface area contributed by atoms with Crippen molar-refractivity contribution in [2.24, 2.45) is 0 Å². The summed E-state index contributed by atoms with van der Waals surface area (Å²) in [4.78, 5) is 3.83. The standard InChI is InChI=1S/C6H7BBrNO3/c1-12-6-5(8)2-4(3-9-6)7(10)11/h2-3,10-11H,1H3. The number of pyridine rings is 1. The maximum absolute atomic E-state index is 8.77. The highest BCUT2D eigenvalue weighted by Gasteiger charge is 2.13. The van der Waals surface area contributed by atoms with Crippen molar-refractivity contribution in [1.29, 1.82) is 0 Å². The van der Waals surface area contributed by atoms with E-state index in [0.717, 1.165) is 0 Å². The molecule has 1 aromatic rings. The van der Waals surface area contributed by atoms with Gasteiger partial charge in [-0.05, 0) is 22.0 Å². The Morgan fingerprint density at radius 1 is 1.58 bits per heavy atom. The Labute approximate surface area is 78.5 Å². The second kappa shape index (κ2) is 3.89. The highest BCUT2D eigenvalue weighted by atomic mass is 79.9. The van der Waals surface area contributed by atoms with Gasteiger partial charge in [0.25, 0.3) is 0 Å². The molecule has 64 valence electrons. The predicted molar refractivity (Wildman–Crippen MR) is 48.3 cm³/mol. The zero-order valence-corrected chi connectivity index (χ0v) is 7.95. The molecule has 0 bridgehead atoms. The van der Waals surface area contributed by atoms with E-state index in [2.05, 4.69) is 20.9 Å². The highest BCUT2D eigenvalue weighted by molar-refractivity contribution is 9.10. The van der Waals surface area contributed by atoms with Crippen LogP contribution in [0.5, 0.6) is 5.88 Å². The Morgan fingerprint density at radius 2 is 2.25 bits per heavy atom. The average Bonchev–Trinajstić information content (AvgIpc) is 2.04. The maximum atomic E-state index is 8.77. The summed E-state index contributed by atoms with van der Waals surface area (Å²) >= 11 is 3.17. The lowest BCUT2D eigenvalue weighted by molar-refractivity contribution is 0.394. The van der Waals surface area contributed by atoms with Crippen molar-refractivity contribution >= 4 is 28.5 Å². The molecule has 12 heavy (non-hydrogen) atoms. The molecule has 0 spiro atoms. The van der Waals surface area contributed by atoms with E-state index in [4.69, 9.17) is 14.8 Å². The van der Waals surface area contributed by atoms with Crippen LogP contribution in [0.25, 0.3) is 0 Å². The second-order valence-electron chi connectivity index (χ2n) is 2.13. The Morgan fingerprint density at radius 3 is 2.67 bits per heavy atom. The van der Waals surface area contributed by atoms with Gasteiger partial charge in [-0.15, -0.1) is 0 Å². The summed E-state index contributed by atoms with van der Waals surface area (Å²) in [5.74, 6) is 0.416. The normalized spacial score (nSPS) is 9.67. The number of methoxy groups -OCH3 is 1. The largest absolute Gasteiger partial charge is 0.490 e. The van der Waals surface area contributed by atoms with Gasteiger partial charge < -0.3 is 14.8 Å². The van der Waals surface area contributed by atoms with Crippen LogP contribution in [0, 0.1) is 0 Å². The number of hydrogen-bond acceptors (Lipinski definition) is 4. The Balaban J connectivity index is 3.02. The maximum Gasteiger partial charge on any atom is 0.490 e. The van der Waals surface area contributed by atoms with Gasteiger partial charge in [0.15, 0.2) is 0 Å². The van der Waals surface area contributed by atoms with Crippen molar-refractivity contribution in [3.63, 3.8) is 0 Å². The van der Waals surface area contributed by atoms with Gasteiger partial charge in [-0.25, -0.2) is 4.98 Å². The SMILES string of the molecule is COc1ncc(B(O)O)cc1Br. The van der Waals surface area contributed by atoms with Crippen LogP contribution in [0.15, 0.2) is 16.7 Å². The van der Waals surface area contributed by atoms with E-state index in [1.54, 1.807) is 0 Å². The fraction of sp³-hybridized carbons (Fsp3) is 0.167. The van der Waals surface area contributed by atoms with Crippen molar-refractivity contribution in [1.82, 2.24) is 4.98 Å². The summed E-state index contributed by atoms with van der Waals surface area (Å²) in [6, 6.07) is 1.54. The topological polar surface area (TPSA) is 62.6 Å². The summed E-state index contributed by atoms with van der Waals surface area (Å²) in [7, 11) is -0.0120. The lowest BCUT2D eigenvalue weighted by Crippen LogP contribution is -2.30. The van der Waals surface area contributed by atoms with Crippen LogP contribution in [-0.4, -0.2) is 29.3 Å². The van der Waals surface area contributed by atoms with Gasteiger partial charge in [-0.1, -0.05) is 0 Å². The molecule has 0 fully saturated rings. The van der Waals surface area contributed by atoms with Crippen LogP contribution in [0.3, 0.4) is 0 Å². The van der Waals surface area contributed by atoms with Crippen LogP contribution < -0.4 is 10.2 Å². The van der Waals surface area contributed by atoms with Crippen LogP contribution in [0.1, 0.15) is 0 Å². The molecule has 1 heterocycles. The van der Waals surface area contributed by atoms with Crippen molar-refractivity contribution in [3.8, 4) is 5.88 Å². The Kier molecular flexibility index (Phi) is 3.08. The smallest absolute Gasteiger partial charge is 0.480 e. The van der Waals surface area contributed by atoms with Crippen LogP contribution in [0.4, 0.5) is 0 Å². The summed E-state index contributed by atoms with van der Waals surface area (Å²) in [5.41, 5.74) is 0.322. The summed E-state index contributed by atoms with van der Waals surface area (Å²) < 4.78 is 5.45. The highest BCUT2D eigenvalue weighted by Crippen LogP contribution is 2.19. The average molecular weight is 232 g/mol. The van der Waals surface area contributed by atoms with Crippen molar-refractivity contribution in [2.45, 2.75) is 0 Å². The van der Waals surface area contributed by atoms with E-state index < -0.39 is 7.12 Å². The van der Waals surface area contributed by atoms with E-state index >= 15 is 0 Å². The molecular weight excluding hydrogens is 225 g/mol. The molecule has 0 aliphatic rings. The van der Waals surface area contributed by atoms with Gasteiger partial charge in [-0.3, -0.25) is 0 Å². The summed E-state index contributed by atoms with van der Waals surface area (Å²) in [5, 5.41) is 17.5.